The van der Waals surface area contributed by atoms with Crippen LogP contribution in [0.1, 0.15) is 43.4 Å². The molecular formula is C33H34Cl2N2O2. The summed E-state index contributed by atoms with van der Waals surface area (Å²) in [7, 11) is 0. The number of hydrogen-bond acceptors (Lipinski definition) is 2. The lowest BCUT2D eigenvalue weighted by Crippen LogP contribution is -2.52. The second-order valence-electron chi connectivity index (χ2n) is 9.92. The number of rotatable bonds is 11. The lowest BCUT2D eigenvalue weighted by Gasteiger charge is -2.32. The first-order valence-electron chi connectivity index (χ1n) is 13.4. The van der Waals surface area contributed by atoms with E-state index >= 15 is 0 Å². The number of carbonyl (C=O) groups excluding carboxylic acids is 2. The van der Waals surface area contributed by atoms with E-state index in [1.54, 1.807) is 17.0 Å². The highest BCUT2D eigenvalue weighted by Gasteiger charge is 2.31. The Kier molecular flexibility index (Phi) is 10.0. The molecule has 1 N–H and O–H groups in total. The molecule has 0 aromatic heterocycles. The van der Waals surface area contributed by atoms with Crippen LogP contribution in [-0.4, -0.2) is 28.8 Å². The normalized spacial score (nSPS) is 12.6. The first kappa shape index (κ1) is 28.7. The summed E-state index contributed by atoms with van der Waals surface area (Å²) in [5.41, 5.74) is 2.83. The topological polar surface area (TPSA) is 49.4 Å². The summed E-state index contributed by atoms with van der Waals surface area (Å²) in [6.45, 7) is 4.20. The summed E-state index contributed by atoms with van der Waals surface area (Å²) in [4.78, 5) is 29.4. The second-order valence-corrected chi connectivity index (χ2v) is 10.8. The van der Waals surface area contributed by atoms with Crippen molar-refractivity contribution in [3.8, 4) is 0 Å². The van der Waals surface area contributed by atoms with Gasteiger partial charge in [-0.2, -0.15) is 0 Å². The van der Waals surface area contributed by atoms with Crippen molar-refractivity contribution in [3.63, 3.8) is 0 Å². The lowest BCUT2D eigenvalue weighted by atomic mass is 9.99. The van der Waals surface area contributed by atoms with Crippen molar-refractivity contribution in [1.29, 1.82) is 0 Å². The lowest BCUT2D eigenvalue weighted by molar-refractivity contribution is -0.141. The van der Waals surface area contributed by atoms with E-state index in [1.807, 2.05) is 68.4 Å². The van der Waals surface area contributed by atoms with E-state index in [1.165, 1.54) is 0 Å². The van der Waals surface area contributed by atoms with Crippen molar-refractivity contribution >= 4 is 45.8 Å². The highest BCUT2D eigenvalue weighted by molar-refractivity contribution is 6.35. The van der Waals surface area contributed by atoms with Crippen molar-refractivity contribution in [3.05, 3.63) is 118 Å². The SMILES string of the molecule is CCC(C)NC(=O)C(Cc1ccccc1)N(Cc1ccc(Cl)cc1Cl)C(=O)CCc1cccc2ccccc12. The molecule has 0 heterocycles. The van der Waals surface area contributed by atoms with Crippen molar-refractivity contribution in [2.45, 2.75) is 58.2 Å². The molecule has 4 nitrogen and oxygen atoms in total. The fourth-order valence-corrected chi connectivity index (χ4v) is 5.19. The van der Waals surface area contributed by atoms with Crippen molar-refractivity contribution < 1.29 is 9.59 Å². The molecule has 2 amide bonds. The van der Waals surface area contributed by atoms with Gasteiger partial charge >= 0.3 is 0 Å². The van der Waals surface area contributed by atoms with E-state index < -0.39 is 6.04 Å². The zero-order chi connectivity index (χ0) is 27.8. The Labute approximate surface area is 240 Å². The van der Waals surface area contributed by atoms with Gasteiger partial charge in [0.2, 0.25) is 11.8 Å². The summed E-state index contributed by atoms with van der Waals surface area (Å²) >= 11 is 12.7. The molecule has 4 aromatic rings. The third-order valence-corrected chi connectivity index (χ3v) is 7.70. The summed E-state index contributed by atoms with van der Waals surface area (Å²) < 4.78 is 0. The van der Waals surface area contributed by atoms with Gasteiger partial charge < -0.3 is 10.2 Å². The zero-order valence-corrected chi connectivity index (χ0v) is 23.9. The average molecular weight is 562 g/mol. The number of benzene rings is 4. The Hall–Kier alpha value is -3.34. The van der Waals surface area contributed by atoms with Crippen molar-refractivity contribution in [1.82, 2.24) is 10.2 Å². The molecule has 2 unspecified atom stereocenters. The molecule has 6 heteroatoms. The van der Waals surface area contributed by atoms with Gasteiger partial charge in [0.1, 0.15) is 6.04 Å². The van der Waals surface area contributed by atoms with E-state index in [4.69, 9.17) is 23.2 Å². The molecule has 0 saturated carbocycles. The maximum Gasteiger partial charge on any atom is 0.243 e. The Morgan fingerprint density at radius 1 is 0.872 bits per heavy atom. The van der Waals surface area contributed by atoms with E-state index in [-0.39, 0.29) is 30.8 Å². The van der Waals surface area contributed by atoms with Gasteiger partial charge in [-0.15, -0.1) is 0 Å². The van der Waals surface area contributed by atoms with E-state index in [2.05, 4.69) is 29.6 Å². The molecule has 0 aliphatic carbocycles. The summed E-state index contributed by atoms with van der Waals surface area (Å²) in [5, 5.41) is 6.37. The van der Waals surface area contributed by atoms with Crippen LogP contribution in [0.4, 0.5) is 0 Å². The Bertz CT molecular complexity index is 1420. The van der Waals surface area contributed by atoms with Gasteiger partial charge in [-0.3, -0.25) is 9.59 Å². The van der Waals surface area contributed by atoms with Gasteiger partial charge in [0, 0.05) is 35.5 Å². The highest BCUT2D eigenvalue weighted by atomic mass is 35.5. The number of nitrogens with one attached hydrogen (secondary N) is 1. The number of carbonyl (C=O) groups is 2. The van der Waals surface area contributed by atoms with Crippen LogP contribution in [-0.2, 0) is 29.0 Å². The predicted octanol–water partition coefficient (Wildman–Crippen LogP) is 7.63. The molecule has 0 saturated heterocycles. The van der Waals surface area contributed by atoms with Crippen LogP contribution < -0.4 is 5.32 Å². The standard InChI is InChI=1S/C33H34Cl2N2O2/c1-3-23(2)36-33(39)31(20-24-10-5-4-6-11-24)37(22-27-16-18-28(34)21-30(27)35)32(38)19-17-26-14-9-13-25-12-7-8-15-29(25)26/h4-16,18,21,23,31H,3,17,19-20,22H2,1-2H3,(H,36,39). The molecule has 0 radical (unpaired) electrons. The van der Waals surface area contributed by atoms with Crippen molar-refractivity contribution in [2.24, 2.45) is 0 Å². The average Bonchev–Trinajstić information content (AvgIpc) is 2.95. The van der Waals surface area contributed by atoms with Crippen LogP contribution in [0.25, 0.3) is 10.8 Å². The molecule has 0 fully saturated rings. The van der Waals surface area contributed by atoms with Crippen LogP contribution in [0.2, 0.25) is 10.0 Å². The maximum atomic E-state index is 14.0. The quantitative estimate of drug-likeness (QED) is 0.205. The molecule has 39 heavy (non-hydrogen) atoms. The number of fused-ring (bicyclic) bond motifs is 1. The van der Waals surface area contributed by atoms with Gasteiger partial charge in [0.15, 0.2) is 0 Å². The second kappa shape index (κ2) is 13.6. The minimum absolute atomic E-state index is 0.0115. The number of halogens is 2. The highest BCUT2D eigenvalue weighted by Crippen LogP contribution is 2.26. The fourth-order valence-electron chi connectivity index (χ4n) is 4.72. The molecule has 202 valence electrons. The molecule has 2 atom stereocenters. The molecule has 0 spiro atoms. The molecule has 0 aliphatic rings. The molecule has 4 rings (SSSR count). The number of aryl methyl sites for hydroxylation is 1. The Morgan fingerprint density at radius 3 is 2.33 bits per heavy atom. The third kappa shape index (κ3) is 7.62. The number of amides is 2. The minimum atomic E-state index is -0.701. The Balaban J connectivity index is 1.67. The summed E-state index contributed by atoms with van der Waals surface area (Å²) in [5.74, 6) is -0.272. The van der Waals surface area contributed by atoms with Crippen LogP contribution >= 0.6 is 23.2 Å². The monoisotopic (exact) mass is 560 g/mol. The minimum Gasteiger partial charge on any atom is -0.352 e. The van der Waals surface area contributed by atoms with Gasteiger partial charge in [-0.25, -0.2) is 0 Å². The molecular weight excluding hydrogens is 527 g/mol. The Morgan fingerprint density at radius 2 is 1.59 bits per heavy atom. The van der Waals surface area contributed by atoms with Crippen LogP contribution in [0.5, 0.6) is 0 Å². The van der Waals surface area contributed by atoms with Gasteiger partial charge in [-0.1, -0.05) is 109 Å². The van der Waals surface area contributed by atoms with E-state index in [9.17, 15) is 9.59 Å². The van der Waals surface area contributed by atoms with E-state index in [0.29, 0.717) is 22.9 Å². The van der Waals surface area contributed by atoms with Gasteiger partial charge in [0.25, 0.3) is 0 Å². The summed E-state index contributed by atoms with van der Waals surface area (Å²) in [6, 6.07) is 28.7. The molecule has 0 bridgehead atoms. The predicted molar refractivity (Wildman–Crippen MR) is 161 cm³/mol. The first-order chi connectivity index (χ1) is 18.9. The van der Waals surface area contributed by atoms with E-state index in [0.717, 1.165) is 33.9 Å². The van der Waals surface area contributed by atoms with Gasteiger partial charge in [-0.05, 0) is 59.4 Å². The first-order valence-corrected chi connectivity index (χ1v) is 14.2. The van der Waals surface area contributed by atoms with Gasteiger partial charge in [0.05, 0.1) is 0 Å². The molecule has 0 aliphatic heterocycles. The number of nitrogens with zero attached hydrogens (tertiary/aromatic N) is 1. The summed E-state index contributed by atoms with van der Waals surface area (Å²) in [6.07, 6.45) is 2.02. The zero-order valence-electron chi connectivity index (χ0n) is 22.4. The van der Waals surface area contributed by atoms with Crippen LogP contribution in [0, 0.1) is 0 Å². The maximum absolute atomic E-state index is 14.0. The van der Waals surface area contributed by atoms with Crippen LogP contribution in [0.15, 0.2) is 91.0 Å². The van der Waals surface area contributed by atoms with Crippen molar-refractivity contribution in [2.75, 3.05) is 0 Å². The van der Waals surface area contributed by atoms with Crippen LogP contribution in [0.3, 0.4) is 0 Å². The smallest absolute Gasteiger partial charge is 0.243 e. The fraction of sp³-hybridized carbons (Fsp3) is 0.273. The third-order valence-electron chi connectivity index (χ3n) is 7.12. The largest absolute Gasteiger partial charge is 0.352 e. The molecule has 4 aromatic carbocycles. The number of hydrogen-bond donors (Lipinski definition) is 1.